The van der Waals surface area contributed by atoms with Gasteiger partial charge in [-0.1, -0.05) is 18.2 Å². The van der Waals surface area contributed by atoms with Gasteiger partial charge in [0.1, 0.15) is 5.75 Å². The molecular weight excluding hydrogens is 370 g/mol. The number of para-hydroxylation sites is 1. The Hall–Kier alpha value is -3.61. The number of aryl methyl sites for hydroxylation is 1. The van der Waals surface area contributed by atoms with Crippen molar-refractivity contribution in [2.45, 2.75) is 25.9 Å². The van der Waals surface area contributed by atoms with Gasteiger partial charge in [-0.25, -0.2) is 4.68 Å². The van der Waals surface area contributed by atoms with Crippen LogP contribution in [0.5, 0.6) is 5.75 Å². The fraction of sp³-hybridized carbons (Fsp3) is 0.227. The fourth-order valence-electron chi connectivity index (χ4n) is 2.69. The van der Waals surface area contributed by atoms with Crippen molar-refractivity contribution in [3.8, 4) is 11.4 Å². The zero-order chi connectivity index (χ0) is 20.6. The molecule has 1 amide bonds. The van der Waals surface area contributed by atoms with Gasteiger partial charge in [0.05, 0.1) is 19.0 Å². The van der Waals surface area contributed by atoms with Crippen LogP contribution in [0.3, 0.4) is 0 Å². The van der Waals surface area contributed by atoms with Gasteiger partial charge in [0.25, 0.3) is 5.91 Å². The molecule has 0 saturated carbocycles. The first-order valence-electron chi connectivity index (χ1n) is 9.28. The van der Waals surface area contributed by atoms with Gasteiger partial charge < -0.3 is 14.8 Å². The van der Waals surface area contributed by atoms with Gasteiger partial charge in [0.15, 0.2) is 6.10 Å². The molecule has 29 heavy (non-hydrogen) atoms. The Morgan fingerprint density at radius 3 is 2.52 bits per heavy atom. The van der Waals surface area contributed by atoms with E-state index in [0.29, 0.717) is 17.9 Å². The minimum Gasteiger partial charge on any atom is -0.497 e. The van der Waals surface area contributed by atoms with E-state index in [1.54, 1.807) is 49.2 Å². The Bertz CT molecular complexity index is 952. The van der Waals surface area contributed by atoms with Crippen LogP contribution in [0.15, 0.2) is 67.0 Å². The number of hydrogen-bond donors (Lipinski definition) is 1. The summed E-state index contributed by atoms with van der Waals surface area (Å²) < 4.78 is 12.1. The summed E-state index contributed by atoms with van der Waals surface area (Å²) >= 11 is 0. The lowest BCUT2D eigenvalue weighted by Gasteiger charge is -2.13. The molecular formula is C22H23N3O4. The monoisotopic (exact) mass is 393 g/mol. The standard InChI is InChI=1S/C22H23N3O4/c1-16(22(27)24-18-9-11-20(28-2)12-10-18)29-21(26)13-8-17-14-23-25(15-17)19-6-4-3-5-7-19/h3-7,9-12,14-16H,8,13H2,1-2H3,(H,24,27). The number of carbonyl (C=O) groups excluding carboxylic acids is 2. The van der Waals surface area contributed by atoms with Crippen molar-refractivity contribution in [2.75, 3.05) is 12.4 Å². The van der Waals surface area contributed by atoms with Crippen LogP contribution in [0.2, 0.25) is 0 Å². The van der Waals surface area contributed by atoms with E-state index in [-0.39, 0.29) is 12.3 Å². The number of nitrogens with zero attached hydrogens (tertiary/aromatic N) is 2. The maximum atomic E-state index is 12.2. The van der Waals surface area contributed by atoms with Crippen molar-refractivity contribution >= 4 is 17.6 Å². The number of benzene rings is 2. The van der Waals surface area contributed by atoms with E-state index >= 15 is 0 Å². The van der Waals surface area contributed by atoms with Gasteiger partial charge in [-0.2, -0.15) is 5.10 Å². The van der Waals surface area contributed by atoms with Crippen LogP contribution in [-0.2, 0) is 20.7 Å². The SMILES string of the molecule is COc1ccc(NC(=O)C(C)OC(=O)CCc2cnn(-c3ccccc3)c2)cc1. The Kier molecular flexibility index (Phi) is 6.63. The van der Waals surface area contributed by atoms with Gasteiger partial charge in [-0.3, -0.25) is 9.59 Å². The number of aromatic nitrogens is 2. The van der Waals surface area contributed by atoms with E-state index in [1.165, 1.54) is 0 Å². The average Bonchev–Trinajstić information content (AvgIpc) is 3.22. The lowest BCUT2D eigenvalue weighted by atomic mass is 10.2. The van der Waals surface area contributed by atoms with Crippen LogP contribution >= 0.6 is 0 Å². The van der Waals surface area contributed by atoms with Crippen molar-refractivity contribution < 1.29 is 19.1 Å². The molecule has 3 rings (SSSR count). The van der Waals surface area contributed by atoms with E-state index in [1.807, 2.05) is 36.5 Å². The summed E-state index contributed by atoms with van der Waals surface area (Å²) in [6.07, 6.45) is 3.36. The molecule has 1 heterocycles. The first-order chi connectivity index (χ1) is 14.0. The third kappa shape index (κ3) is 5.68. The Morgan fingerprint density at radius 1 is 1.10 bits per heavy atom. The van der Waals surface area contributed by atoms with E-state index in [4.69, 9.17) is 9.47 Å². The molecule has 1 N–H and O–H groups in total. The zero-order valence-electron chi connectivity index (χ0n) is 16.4. The van der Waals surface area contributed by atoms with Crippen molar-refractivity contribution in [3.63, 3.8) is 0 Å². The maximum Gasteiger partial charge on any atom is 0.306 e. The predicted octanol–water partition coefficient (Wildman–Crippen LogP) is 3.38. The largest absolute Gasteiger partial charge is 0.497 e. The minimum atomic E-state index is -0.892. The second-order valence-electron chi connectivity index (χ2n) is 6.48. The molecule has 7 nitrogen and oxygen atoms in total. The summed E-state index contributed by atoms with van der Waals surface area (Å²) in [4.78, 5) is 24.3. The predicted molar refractivity (Wildman–Crippen MR) is 109 cm³/mol. The van der Waals surface area contributed by atoms with Crippen molar-refractivity contribution in [2.24, 2.45) is 0 Å². The number of nitrogens with one attached hydrogen (secondary N) is 1. The van der Waals surface area contributed by atoms with Crippen molar-refractivity contribution in [3.05, 3.63) is 72.6 Å². The van der Waals surface area contributed by atoms with E-state index < -0.39 is 12.1 Å². The second-order valence-corrected chi connectivity index (χ2v) is 6.48. The highest BCUT2D eigenvalue weighted by Gasteiger charge is 2.18. The summed E-state index contributed by atoms with van der Waals surface area (Å²) in [6.45, 7) is 1.55. The maximum absolute atomic E-state index is 12.2. The van der Waals surface area contributed by atoms with Gasteiger partial charge >= 0.3 is 5.97 Å². The topological polar surface area (TPSA) is 82.4 Å². The number of anilines is 1. The smallest absolute Gasteiger partial charge is 0.306 e. The van der Waals surface area contributed by atoms with Crippen LogP contribution in [0.4, 0.5) is 5.69 Å². The summed E-state index contributed by atoms with van der Waals surface area (Å²) in [5.74, 6) is -0.131. The molecule has 0 bridgehead atoms. The van der Waals surface area contributed by atoms with E-state index in [2.05, 4.69) is 10.4 Å². The van der Waals surface area contributed by atoms with Crippen molar-refractivity contribution in [1.82, 2.24) is 9.78 Å². The molecule has 1 unspecified atom stereocenters. The molecule has 150 valence electrons. The number of esters is 1. The van der Waals surface area contributed by atoms with Crippen LogP contribution < -0.4 is 10.1 Å². The van der Waals surface area contributed by atoms with E-state index in [0.717, 1.165) is 11.3 Å². The van der Waals surface area contributed by atoms with Gasteiger partial charge in [0.2, 0.25) is 0 Å². The molecule has 2 aromatic carbocycles. The molecule has 0 spiro atoms. The van der Waals surface area contributed by atoms with Crippen LogP contribution in [0.1, 0.15) is 18.9 Å². The van der Waals surface area contributed by atoms with Crippen molar-refractivity contribution in [1.29, 1.82) is 0 Å². The quantitative estimate of drug-likeness (QED) is 0.593. The summed E-state index contributed by atoms with van der Waals surface area (Å²) in [7, 11) is 1.57. The molecule has 0 saturated heterocycles. The molecule has 7 heteroatoms. The van der Waals surface area contributed by atoms with Gasteiger partial charge in [-0.05, 0) is 55.3 Å². The molecule has 0 aliphatic rings. The highest BCUT2D eigenvalue weighted by molar-refractivity contribution is 5.95. The summed E-state index contributed by atoms with van der Waals surface area (Å²) in [5, 5.41) is 7.01. The lowest BCUT2D eigenvalue weighted by molar-refractivity contribution is -0.153. The Balaban J connectivity index is 1.46. The molecule has 0 aliphatic heterocycles. The number of hydrogen-bond acceptors (Lipinski definition) is 5. The number of rotatable bonds is 8. The zero-order valence-corrected chi connectivity index (χ0v) is 16.4. The Labute approximate surface area is 169 Å². The second kappa shape index (κ2) is 9.54. The average molecular weight is 393 g/mol. The highest BCUT2D eigenvalue weighted by Crippen LogP contribution is 2.15. The van der Waals surface area contributed by atoms with Crippen LogP contribution in [0, 0.1) is 0 Å². The highest BCUT2D eigenvalue weighted by atomic mass is 16.5. The normalized spacial score (nSPS) is 11.5. The fourth-order valence-corrected chi connectivity index (χ4v) is 2.69. The number of amides is 1. The number of methoxy groups -OCH3 is 1. The number of carbonyl (C=O) groups is 2. The third-order valence-electron chi connectivity index (χ3n) is 4.31. The molecule has 1 atom stereocenters. The summed E-state index contributed by atoms with van der Waals surface area (Å²) in [6, 6.07) is 16.6. The Morgan fingerprint density at radius 2 is 1.83 bits per heavy atom. The number of ether oxygens (including phenoxy) is 2. The first-order valence-corrected chi connectivity index (χ1v) is 9.28. The van der Waals surface area contributed by atoms with Crippen LogP contribution in [-0.4, -0.2) is 34.9 Å². The van der Waals surface area contributed by atoms with Crippen LogP contribution in [0.25, 0.3) is 5.69 Å². The van der Waals surface area contributed by atoms with E-state index in [9.17, 15) is 9.59 Å². The molecule has 3 aromatic rings. The minimum absolute atomic E-state index is 0.167. The third-order valence-corrected chi connectivity index (χ3v) is 4.31. The first kappa shape index (κ1) is 20.1. The van der Waals surface area contributed by atoms with Gasteiger partial charge in [-0.15, -0.1) is 0 Å². The summed E-state index contributed by atoms with van der Waals surface area (Å²) in [5.41, 5.74) is 2.47. The van der Waals surface area contributed by atoms with Gasteiger partial charge in [0, 0.05) is 18.3 Å². The molecule has 0 radical (unpaired) electrons. The molecule has 1 aromatic heterocycles. The molecule has 0 aliphatic carbocycles. The lowest BCUT2D eigenvalue weighted by Crippen LogP contribution is -2.30. The molecule has 0 fully saturated rings.